The van der Waals surface area contributed by atoms with Crippen LogP contribution in [0.5, 0.6) is 0 Å². The monoisotopic (exact) mass is 318 g/mol. The van der Waals surface area contributed by atoms with Gasteiger partial charge in [-0.25, -0.2) is 4.98 Å². The van der Waals surface area contributed by atoms with Crippen molar-refractivity contribution in [1.82, 2.24) is 9.97 Å². The van der Waals surface area contributed by atoms with Gasteiger partial charge in [-0.3, -0.25) is 0 Å². The summed E-state index contributed by atoms with van der Waals surface area (Å²) in [5, 5.41) is 0. The number of H-pyrrole nitrogens is 1. The lowest BCUT2D eigenvalue weighted by molar-refractivity contribution is 0.682. The molecule has 0 saturated heterocycles. The maximum absolute atomic E-state index is 5.29. The summed E-state index contributed by atoms with van der Waals surface area (Å²) >= 11 is 10.6. The van der Waals surface area contributed by atoms with Gasteiger partial charge in [0.15, 0.2) is 0 Å². The van der Waals surface area contributed by atoms with E-state index in [0.717, 1.165) is 16.0 Å². The molecule has 0 unspecified atom stereocenters. The molecule has 0 spiro atoms. The van der Waals surface area contributed by atoms with Crippen molar-refractivity contribution in [2.45, 2.75) is 37.4 Å². The van der Waals surface area contributed by atoms with E-state index in [-0.39, 0.29) is 0 Å². The number of nitrogens with zero attached hydrogens (tertiary/aromatic N) is 1. The van der Waals surface area contributed by atoms with Crippen molar-refractivity contribution in [1.29, 1.82) is 0 Å². The molecular formula is C11H15BrN2S2. The van der Waals surface area contributed by atoms with Gasteiger partial charge >= 0.3 is 0 Å². The van der Waals surface area contributed by atoms with Gasteiger partial charge in [-0.2, -0.15) is 11.8 Å². The Balaban J connectivity index is 2.37. The van der Waals surface area contributed by atoms with Crippen LogP contribution in [-0.4, -0.2) is 16.2 Å². The number of nitrogens with one attached hydrogen (secondary N) is 1. The molecule has 0 amide bonds. The van der Waals surface area contributed by atoms with Gasteiger partial charge in [0.1, 0.15) is 10.5 Å². The fourth-order valence-electron chi connectivity index (χ4n) is 2.23. The highest BCUT2D eigenvalue weighted by atomic mass is 79.9. The molecule has 1 saturated carbocycles. The number of hydrogen-bond acceptors (Lipinski definition) is 3. The highest BCUT2D eigenvalue weighted by Crippen LogP contribution is 2.36. The van der Waals surface area contributed by atoms with Crippen LogP contribution in [0.15, 0.2) is 4.47 Å². The van der Waals surface area contributed by atoms with E-state index < -0.39 is 0 Å². The fraction of sp³-hybridized carbons (Fsp3) is 0.636. The molecule has 16 heavy (non-hydrogen) atoms. The van der Waals surface area contributed by atoms with Crippen molar-refractivity contribution in [3.8, 4) is 0 Å². The third-order valence-corrected chi connectivity index (χ3v) is 4.91. The van der Waals surface area contributed by atoms with Gasteiger partial charge in [-0.05, 0) is 35.0 Å². The van der Waals surface area contributed by atoms with Crippen LogP contribution in [0.25, 0.3) is 0 Å². The quantitative estimate of drug-likeness (QED) is 0.836. The second-order valence-electron chi connectivity index (χ2n) is 4.13. The third-order valence-electron chi connectivity index (χ3n) is 2.98. The Morgan fingerprint density at radius 2 is 2.19 bits per heavy atom. The summed E-state index contributed by atoms with van der Waals surface area (Å²) in [5.74, 6) is 2.54. The molecule has 1 N–H and O–H groups in total. The zero-order valence-corrected chi connectivity index (χ0v) is 12.5. The molecule has 0 aliphatic heterocycles. The number of halogens is 1. The van der Waals surface area contributed by atoms with E-state index in [2.05, 4.69) is 32.2 Å². The van der Waals surface area contributed by atoms with Crippen LogP contribution in [0.3, 0.4) is 0 Å². The first-order valence-electron chi connectivity index (χ1n) is 5.50. The third kappa shape index (κ3) is 2.68. The standard InChI is InChI=1S/C11H15BrN2S2/c1-16-6-8-13-10(7-4-2-3-5-7)9(12)11(15)14-8/h7H,2-6H2,1H3,(H,13,14,15). The van der Waals surface area contributed by atoms with Gasteiger partial charge in [0.2, 0.25) is 0 Å². The summed E-state index contributed by atoms with van der Waals surface area (Å²) in [6, 6.07) is 0. The van der Waals surface area contributed by atoms with E-state index >= 15 is 0 Å². The first-order valence-corrected chi connectivity index (χ1v) is 8.09. The second-order valence-corrected chi connectivity index (χ2v) is 6.18. The van der Waals surface area contributed by atoms with E-state index in [0.29, 0.717) is 10.6 Å². The maximum Gasteiger partial charge on any atom is 0.144 e. The van der Waals surface area contributed by atoms with Crippen molar-refractivity contribution >= 4 is 39.9 Å². The van der Waals surface area contributed by atoms with Crippen molar-refractivity contribution < 1.29 is 0 Å². The van der Waals surface area contributed by atoms with Gasteiger partial charge in [0.05, 0.1) is 10.2 Å². The number of aromatic amines is 1. The topological polar surface area (TPSA) is 28.7 Å². The normalized spacial score (nSPS) is 16.9. The molecule has 1 fully saturated rings. The molecule has 0 radical (unpaired) electrons. The van der Waals surface area contributed by atoms with E-state index in [4.69, 9.17) is 12.2 Å². The molecule has 0 atom stereocenters. The minimum Gasteiger partial charge on any atom is -0.345 e. The van der Waals surface area contributed by atoms with Gasteiger partial charge < -0.3 is 4.98 Å². The molecule has 0 bridgehead atoms. The molecule has 1 aliphatic rings. The van der Waals surface area contributed by atoms with Crippen LogP contribution in [0, 0.1) is 4.64 Å². The van der Waals surface area contributed by atoms with Gasteiger partial charge in [0.25, 0.3) is 0 Å². The van der Waals surface area contributed by atoms with Crippen LogP contribution in [0.1, 0.15) is 43.1 Å². The van der Waals surface area contributed by atoms with E-state index in [1.165, 1.54) is 31.4 Å². The summed E-state index contributed by atoms with van der Waals surface area (Å²) in [7, 11) is 0. The molecule has 2 rings (SSSR count). The molecule has 1 aliphatic carbocycles. The Labute approximate surface area is 114 Å². The summed E-state index contributed by atoms with van der Waals surface area (Å²) < 4.78 is 1.70. The Morgan fingerprint density at radius 1 is 1.50 bits per heavy atom. The Hall–Kier alpha value is 0.130. The molecule has 0 aromatic carbocycles. The van der Waals surface area contributed by atoms with Crippen LogP contribution in [0.2, 0.25) is 0 Å². The van der Waals surface area contributed by atoms with E-state index in [1.54, 1.807) is 11.8 Å². The molecule has 1 heterocycles. The fourth-order valence-corrected chi connectivity index (χ4v) is 3.37. The predicted octanol–water partition coefficient (Wildman–Crippen LogP) is 4.42. The molecule has 2 nitrogen and oxygen atoms in total. The van der Waals surface area contributed by atoms with Crippen molar-refractivity contribution in [3.63, 3.8) is 0 Å². The first-order chi connectivity index (χ1) is 7.72. The zero-order valence-electron chi connectivity index (χ0n) is 9.25. The van der Waals surface area contributed by atoms with Crippen molar-refractivity contribution in [3.05, 3.63) is 20.6 Å². The Kier molecular flexibility index (Phi) is 4.44. The van der Waals surface area contributed by atoms with E-state index in [9.17, 15) is 0 Å². The molecule has 88 valence electrons. The van der Waals surface area contributed by atoms with Crippen LogP contribution in [-0.2, 0) is 5.75 Å². The SMILES string of the molecule is CSCc1nc(=S)c(Br)c(C2CCCC2)[nH]1. The van der Waals surface area contributed by atoms with Gasteiger partial charge in [0, 0.05) is 11.6 Å². The second kappa shape index (κ2) is 5.65. The number of thioether (sulfide) groups is 1. The lowest BCUT2D eigenvalue weighted by Crippen LogP contribution is -2.04. The average Bonchev–Trinajstić information content (AvgIpc) is 2.76. The number of hydrogen-bond donors (Lipinski definition) is 1. The van der Waals surface area contributed by atoms with Gasteiger partial charge in [-0.15, -0.1) is 0 Å². The van der Waals surface area contributed by atoms with Crippen LogP contribution < -0.4 is 0 Å². The zero-order chi connectivity index (χ0) is 11.5. The largest absolute Gasteiger partial charge is 0.345 e. The molecular weight excluding hydrogens is 304 g/mol. The Morgan fingerprint density at radius 3 is 2.81 bits per heavy atom. The maximum atomic E-state index is 5.29. The number of rotatable bonds is 3. The van der Waals surface area contributed by atoms with Crippen molar-refractivity contribution in [2.75, 3.05) is 6.26 Å². The average molecular weight is 319 g/mol. The highest BCUT2D eigenvalue weighted by molar-refractivity contribution is 9.10. The van der Waals surface area contributed by atoms with E-state index in [1.807, 2.05) is 0 Å². The summed E-state index contributed by atoms with van der Waals surface area (Å²) in [4.78, 5) is 7.84. The van der Waals surface area contributed by atoms with Gasteiger partial charge in [-0.1, -0.05) is 25.1 Å². The Bertz CT molecular complexity index is 424. The lowest BCUT2D eigenvalue weighted by Gasteiger charge is -2.13. The summed E-state index contributed by atoms with van der Waals surface area (Å²) in [5.41, 5.74) is 1.27. The minimum atomic E-state index is 0.639. The smallest absolute Gasteiger partial charge is 0.144 e. The lowest BCUT2D eigenvalue weighted by atomic mass is 10.0. The van der Waals surface area contributed by atoms with Crippen LogP contribution >= 0.6 is 39.9 Å². The summed E-state index contributed by atoms with van der Waals surface area (Å²) in [6.45, 7) is 0. The molecule has 1 aromatic heterocycles. The van der Waals surface area contributed by atoms with Crippen molar-refractivity contribution in [2.24, 2.45) is 0 Å². The molecule has 1 aromatic rings. The first kappa shape index (κ1) is 12.6. The minimum absolute atomic E-state index is 0.639. The highest BCUT2D eigenvalue weighted by Gasteiger charge is 2.21. The van der Waals surface area contributed by atoms with Crippen LogP contribution in [0.4, 0.5) is 0 Å². The predicted molar refractivity (Wildman–Crippen MR) is 75.5 cm³/mol. The molecule has 5 heteroatoms. The summed E-state index contributed by atoms with van der Waals surface area (Å²) in [6.07, 6.45) is 7.28. The number of aromatic nitrogens is 2.